The molecule has 3 aromatic carbocycles. The summed E-state index contributed by atoms with van der Waals surface area (Å²) in [5, 5.41) is 6.16. The molecule has 8 nitrogen and oxygen atoms in total. The predicted molar refractivity (Wildman–Crippen MR) is 206 cm³/mol. The SMILES string of the molecule is C=NN(c1ccccc1)c1nc(-c2ccc(C=NCCCCCN(C)C)cc2)nc(-c2ccc(C=NCCCCCN(C)C)cc2)c1C. The van der Waals surface area contributed by atoms with Crippen molar-refractivity contribution in [1.82, 2.24) is 19.8 Å². The van der Waals surface area contributed by atoms with Crippen LogP contribution in [0.3, 0.4) is 0 Å². The molecule has 0 atom stereocenters. The Morgan fingerprint density at radius 1 is 0.625 bits per heavy atom. The normalized spacial score (nSPS) is 11.7. The van der Waals surface area contributed by atoms with E-state index in [-0.39, 0.29) is 0 Å². The number of benzene rings is 3. The summed E-state index contributed by atoms with van der Waals surface area (Å²) in [6, 6.07) is 26.6. The van der Waals surface area contributed by atoms with Gasteiger partial charge in [0.1, 0.15) is 0 Å². The Bertz CT molecular complexity index is 1590. The molecule has 1 aromatic heterocycles. The largest absolute Gasteiger partial charge is 0.309 e. The average Bonchev–Trinajstić information content (AvgIpc) is 3.09. The number of unbranched alkanes of at least 4 members (excludes halogenated alkanes) is 4. The van der Waals surface area contributed by atoms with Crippen LogP contribution in [0.25, 0.3) is 22.6 Å². The summed E-state index contributed by atoms with van der Waals surface area (Å²) in [5.41, 5.74) is 6.71. The molecule has 0 unspecified atom stereocenters. The van der Waals surface area contributed by atoms with Crippen molar-refractivity contribution in [3.8, 4) is 22.6 Å². The summed E-state index contributed by atoms with van der Waals surface area (Å²) in [5.74, 6) is 1.32. The number of aliphatic imine (C=N–C) groups is 2. The molecule has 4 rings (SSSR count). The molecule has 0 amide bonds. The fourth-order valence-electron chi connectivity index (χ4n) is 5.36. The van der Waals surface area contributed by atoms with Gasteiger partial charge in [0.25, 0.3) is 0 Å². The van der Waals surface area contributed by atoms with Gasteiger partial charge in [-0.25, -0.2) is 15.0 Å². The Hall–Kier alpha value is -4.53. The van der Waals surface area contributed by atoms with Crippen molar-refractivity contribution in [2.75, 3.05) is 59.4 Å². The van der Waals surface area contributed by atoms with Crippen molar-refractivity contribution in [2.45, 2.75) is 45.4 Å². The maximum absolute atomic E-state index is 5.10. The van der Waals surface area contributed by atoms with Gasteiger partial charge in [-0.15, -0.1) is 0 Å². The predicted octanol–water partition coefficient (Wildman–Crippen LogP) is 8.17. The van der Waals surface area contributed by atoms with Crippen LogP contribution in [0.2, 0.25) is 0 Å². The molecule has 8 heteroatoms. The lowest BCUT2D eigenvalue weighted by molar-refractivity contribution is 0.392. The Morgan fingerprint density at radius 2 is 1.15 bits per heavy atom. The minimum absolute atomic E-state index is 0.625. The zero-order valence-electron chi connectivity index (χ0n) is 29.5. The van der Waals surface area contributed by atoms with Gasteiger partial charge in [0.2, 0.25) is 0 Å². The third kappa shape index (κ3) is 11.3. The van der Waals surface area contributed by atoms with Crippen LogP contribution >= 0.6 is 0 Å². The van der Waals surface area contributed by atoms with E-state index in [2.05, 4.69) is 108 Å². The van der Waals surface area contributed by atoms with E-state index < -0.39 is 0 Å². The van der Waals surface area contributed by atoms with Gasteiger partial charge in [-0.3, -0.25) is 9.98 Å². The standard InChI is InChI=1S/C40H52N8/c1-32-38(35-22-18-33(19-23-35)30-42-26-12-8-14-28-46(3)4)44-39(45-40(32)48(41-2)37-16-10-7-11-17-37)36-24-20-34(21-25-36)31-43-27-13-9-15-29-47(5)6/h7,10-11,16-25,30-31H,2,8-9,12-15,26-29H2,1,3-6H3. The summed E-state index contributed by atoms with van der Waals surface area (Å²) >= 11 is 0. The molecule has 0 aliphatic rings. The monoisotopic (exact) mass is 644 g/mol. The lowest BCUT2D eigenvalue weighted by atomic mass is 10.0. The first-order valence-electron chi connectivity index (χ1n) is 17.1. The van der Waals surface area contributed by atoms with E-state index in [9.17, 15) is 0 Å². The second-order valence-corrected chi connectivity index (χ2v) is 12.7. The number of anilines is 2. The molecule has 0 spiro atoms. The summed E-state index contributed by atoms with van der Waals surface area (Å²) in [6.45, 7) is 9.87. The van der Waals surface area contributed by atoms with Crippen LogP contribution in [-0.4, -0.2) is 93.3 Å². The quantitative estimate of drug-likeness (QED) is 0.0585. The molecule has 4 aromatic rings. The number of rotatable bonds is 19. The Kier molecular flexibility index (Phi) is 14.6. The van der Waals surface area contributed by atoms with Crippen LogP contribution in [0.15, 0.2) is 93.9 Å². The summed E-state index contributed by atoms with van der Waals surface area (Å²) in [7, 11) is 8.47. The second-order valence-electron chi connectivity index (χ2n) is 12.7. The number of nitrogens with zero attached hydrogens (tertiary/aromatic N) is 8. The first-order valence-corrected chi connectivity index (χ1v) is 17.1. The van der Waals surface area contributed by atoms with Crippen molar-refractivity contribution in [3.63, 3.8) is 0 Å². The summed E-state index contributed by atoms with van der Waals surface area (Å²) < 4.78 is 0. The van der Waals surface area contributed by atoms with Crippen LogP contribution in [0, 0.1) is 6.92 Å². The van der Waals surface area contributed by atoms with Crippen molar-refractivity contribution < 1.29 is 0 Å². The lowest BCUT2D eigenvalue weighted by Gasteiger charge is -2.22. The van der Waals surface area contributed by atoms with E-state index in [4.69, 9.17) is 9.97 Å². The molecule has 252 valence electrons. The fraction of sp³-hybridized carbons (Fsp3) is 0.375. The van der Waals surface area contributed by atoms with Crippen LogP contribution in [0.1, 0.15) is 55.2 Å². The Morgan fingerprint density at radius 3 is 1.65 bits per heavy atom. The molecule has 0 aliphatic carbocycles. The molecule has 0 radical (unpaired) electrons. The number of hydrogen-bond acceptors (Lipinski definition) is 8. The average molecular weight is 645 g/mol. The van der Waals surface area contributed by atoms with Gasteiger partial charge in [0.15, 0.2) is 11.6 Å². The molecule has 0 bridgehead atoms. The van der Waals surface area contributed by atoms with E-state index in [1.54, 1.807) is 5.01 Å². The van der Waals surface area contributed by atoms with Crippen molar-refractivity contribution in [1.29, 1.82) is 0 Å². The molecule has 0 N–H and O–H groups in total. The number of hydrogen-bond donors (Lipinski definition) is 0. The van der Waals surface area contributed by atoms with Gasteiger partial charge in [-0.1, -0.05) is 79.6 Å². The third-order valence-electron chi connectivity index (χ3n) is 8.08. The molecular weight excluding hydrogens is 592 g/mol. The van der Waals surface area contributed by atoms with Crippen LogP contribution in [0.5, 0.6) is 0 Å². The first-order chi connectivity index (χ1) is 23.4. The van der Waals surface area contributed by atoms with Crippen LogP contribution in [-0.2, 0) is 0 Å². The third-order valence-corrected chi connectivity index (χ3v) is 8.08. The molecule has 0 fully saturated rings. The topological polar surface area (TPSA) is 72.6 Å². The van der Waals surface area contributed by atoms with Crippen molar-refractivity contribution in [3.05, 3.63) is 95.6 Å². The minimum Gasteiger partial charge on any atom is -0.309 e. The minimum atomic E-state index is 0.625. The van der Waals surface area contributed by atoms with Gasteiger partial charge in [0.05, 0.1) is 11.4 Å². The molecule has 0 aliphatic heterocycles. The van der Waals surface area contributed by atoms with Gasteiger partial charge in [-0.2, -0.15) is 5.10 Å². The Labute approximate surface area is 288 Å². The first kappa shape index (κ1) is 36.3. The number of para-hydroxylation sites is 1. The number of aromatic nitrogens is 2. The highest BCUT2D eigenvalue weighted by atomic mass is 15.5. The van der Waals surface area contributed by atoms with Crippen LogP contribution < -0.4 is 5.01 Å². The zero-order valence-corrected chi connectivity index (χ0v) is 29.5. The highest BCUT2D eigenvalue weighted by Crippen LogP contribution is 2.34. The highest BCUT2D eigenvalue weighted by Gasteiger charge is 2.19. The molecule has 48 heavy (non-hydrogen) atoms. The molecule has 0 saturated heterocycles. The summed E-state index contributed by atoms with van der Waals surface area (Å²) in [6.07, 6.45) is 10.9. The van der Waals surface area contributed by atoms with Gasteiger partial charge < -0.3 is 9.80 Å². The molecular formula is C40H52N8. The van der Waals surface area contributed by atoms with Gasteiger partial charge in [-0.05, 0) is 97.1 Å². The summed E-state index contributed by atoms with van der Waals surface area (Å²) in [4.78, 5) is 23.9. The van der Waals surface area contributed by atoms with E-state index in [0.717, 1.165) is 78.2 Å². The highest BCUT2D eigenvalue weighted by molar-refractivity contribution is 5.83. The number of hydrazone groups is 1. The molecule has 0 saturated carbocycles. The maximum atomic E-state index is 5.10. The van der Waals surface area contributed by atoms with E-state index >= 15 is 0 Å². The van der Waals surface area contributed by atoms with Gasteiger partial charge >= 0.3 is 0 Å². The lowest BCUT2D eigenvalue weighted by Crippen LogP contribution is -2.13. The van der Waals surface area contributed by atoms with Crippen molar-refractivity contribution in [2.24, 2.45) is 15.1 Å². The van der Waals surface area contributed by atoms with Crippen LogP contribution in [0.4, 0.5) is 11.5 Å². The fourth-order valence-corrected chi connectivity index (χ4v) is 5.36. The van der Waals surface area contributed by atoms with E-state index in [1.807, 2.05) is 49.7 Å². The smallest absolute Gasteiger partial charge is 0.162 e. The maximum Gasteiger partial charge on any atom is 0.162 e. The van der Waals surface area contributed by atoms with Gasteiger partial charge in [0, 0.05) is 48.9 Å². The van der Waals surface area contributed by atoms with E-state index in [0.29, 0.717) is 11.6 Å². The zero-order chi connectivity index (χ0) is 34.1. The Balaban J connectivity index is 1.55. The second kappa shape index (κ2) is 19.3. The van der Waals surface area contributed by atoms with E-state index in [1.165, 1.54) is 25.7 Å². The molecule has 1 heterocycles. The van der Waals surface area contributed by atoms with Crippen molar-refractivity contribution >= 4 is 30.7 Å².